The minimum Gasteiger partial charge on any atom is -0.494 e. The molecule has 0 bridgehead atoms. The summed E-state index contributed by atoms with van der Waals surface area (Å²) >= 11 is 0. The van der Waals surface area contributed by atoms with E-state index in [0.717, 1.165) is 24.2 Å². The molecular formula is C26H36N8O4S. The first kappa shape index (κ1) is 28.2. The van der Waals surface area contributed by atoms with E-state index in [0.29, 0.717) is 41.7 Å². The lowest BCUT2D eigenvalue weighted by Crippen LogP contribution is -2.55. The number of rotatable bonds is 12. The highest BCUT2D eigenvalue weighted by Crippen LogP contribution is 2.38. The van der Waals surface area contributed by atoms with Crippen LogP contribution >= 0.6 is 0 Å². The van der Waals surface area contributed by atoms with Crippen molar-refractivity contribution in [1.82, 2.24) is 24.2 Å². The first-order valence-corrected chi connectivity index (χ1v) is 14.4. The van der Waals surface area contributed by atoms with Gasteiger partial charge >= 0.3 is 0 Å². The number of hydrogen-bond donors (Lipinski definition) is 3. The quantitative estimate of drug-likeness (QED) is 0.227. The smallest absolute Gasteiger partial charge is 0.247 e. The van der Waals surface area contributed by atoms with E-state index in [2.05, 4.69) is 42.9 Å². The summed E-state index contributed by atoms with van der Waals surface area (Å²) in [5, 5.41) is 6.84. The highest BCUT2D eigenvalue weighted by molar-refractivity contribution is 7.97. The molecule has 1 atom stereocenters. The Morgan fingerprint density at radius 3 is 2.64 bits per heavy atom. The third-order valence-corrected chi connectivity index (χ3v) is 7.71. The van der Waals surface area contributed by atoms with Crippen LogP contribution in [-0.4, -0.2) is 107 Å². The second-order valence-corrected chi connectivity index (χ2v) is 12.2. The Morgan fingerprint density at radius 2 is 2.00 bits per heavy atom. The van der Waals surface area contributed by atoms with E-state index in [1.54, 1.807) is 29.9 Å². The van der Waals surface area contributed by atoms with E-state index < -0.39 is 9.71 Å². The summed E-state index contributed by atoms with van der Waals surface area (Å²) in [4.78, 5) is 28.7. The number of benzene rings is 1. The molecule has 1 saturated heterocycles. The molecule has 1 aromatic carbocycles. The molecule has 3 heterocycles. The van der Waals surface area contributed by atoms with Crippen molar-refractivity contribution in [2.24, 2.45) is 0 Å². The second kappa shape index (κ2) is 11.5. The third kappa shape index (κ3) is 6.61. The summed E-state index contributed by atoms with van der Waals surface area (Å²) in [6, 6.07) is 5.47. The molecule has 4 rings (SSSR count). The lowest BCUT2D eigenvalue weighted by Gasteiger charge is -2.39. The number of amides is 1. The van der Waals surface area contributed by atoms with Crippen molar-refractivity contribution < 1.29 is 18.5 Å². The van der Waals surface area contributed by atoms with Gasteiger partial charge in [-0.1, -0.05) is 6.58 Å². The Labute approximate surface area is 229 Å². The SMILES string of the molecule is C=CC(=O)Nc1cc(Nc2nc(OC3CN(S(=C)(C)=O)C3)c3cc[nH]c3n2)c(OC)cc1N(C)CCN(C)C. The summed E-state index contributed by atoms with van der Waals surface area (Å²) in [5.41, 5.74) is 2.50. The summed E-state index contributed by atoms with van der Waals surface area (Å²) < 4.78 is 25.8. The fraction of sp³-hybridized carbons (Fsp3) is 0.385. The lowest BCUT2D eigenvalue weighted by atomic mass is 10.2. The minimum absolute atomic E-state index is 0.166. The normalized spacial score (nSPS) is 15.4. The Kier molecular flexibility index (Phi) is 8.33. The predicted molar refractivity (Wildman–Crippen MR) is 158 cm³/mol. The van der Waals surface area contributed by atoms with Crippen LogP contribution in [-0.2, 0) is 14.5 Å². The van der Waals surface area contributed by atoms with Gasteiger partial charge in [0.25, 0.3) is 0 Å². The highest BCUT2D eigenvalue weighted by Gasteiger charge is 2.33. The number of methoxy groups -OCH3 is 1. The summed E-state index contributed by atoms with van der Waals surface area (Å²) in [7, 11) is 5.27. The number of nitrogens with zero attached hydrogens (tertiary/aromatic N) is 5. The fourth-order valence-electron chi connectivity index (χ4n) is 4.03. The van der Waals surface area contributed by atoms with Gasteiger partial charge in [-0.25, -0.2) is 4.31 Å². The average molecular weight is 557 g/mol. The van der Waals surface area contributed by atoms with Crippen molar-refractivity contribution in [2.45, 2.75) is 6.10 Å². The van der Waals surface area contributed by atoms with E-state index in [4.69, 9.17) is 9.47 Å². The molecule has 0 saturated carbocycles. The van der Waals surface area contributed by atoms with E-state index in [1.807, 2.05) is 38.2 Å². The van der Waals surface area contributed by atoms with E-state index in [-0.39, 0.29) is 18.0 Å². The zero-order valence-corrected chi connectivity index (χ0v) is 23.8. The number of carbonyl (C=O) groups excluding carboxylic acids is 1. The van der Waals surface area contributed by atoms with E-state index in [1.165, 1.54) is 6.08 Å². The maximum atomic E-state index is 12.3. The number of aromatic amines is 1. The van der Waals surface area contributed by atoms with Crippen LogP contribution in [0.15, 0.2) is 37.1 Å². The monoisotopic (exact) mass is 556 g/mol. The Morgan fingerprint density at radius 1 is 1.26 bits per heavy atom. The molecule has 1 aliphatic heterocycles. The maximum absolute atomic E-state index is 12.3. The number of carbonyl (C=O) groups is 1. The molecule has 1 amide bonds. The Balaban J connectivity index is 1.65. The third-order valence-electron chi connectivity index (χ3n) is 6.32. The minimum atomic E-state index is -2.27. The van der Waals surface area contributed by atoms with Gasteiger partial charge in [0.1, 0.15) is 17.5 Å². The number of anilines is 4. The molecule has 0 radical (unpaired) electrons. The topological polar surface area (TPSA) is 128 Å². The van der Waals surface area contributed by atoms with Gasteiger partial charge in [0, 0.05) is 61.5 Å². The number of aromatic nitrogens is 3. The number of hydrogen-bond acceptors (Lipinski definition) is 9. The molecule has 39 heavy (non-hydrogen) atoms. The summed E-state index contributed by atoms with van der Waals surface area (Å²) in [6.45, 7) is 6.12. The van der Waals surface area contributed by atoms with Crippen LogP contribution in [0.1, 0.15) is 0 Å². The van der Waals surface area contributed by atoms with Gasteiger partial charge in [-0.2, -0.15) is 9.97 Å². The highest BCUT2D eigenvalue weighted by atomic mass is 32.2. The van der Waals surface area contributed by atoms with Gasteiger partial charge in [0.2, 0.25) is 17.7 Å². The van der Waals surface area contributed by atoms with E-state index >= 15 is 0 Å². The van der Waals surface area contributed by atoms with Crippen molar-refractivity contribution in [3.63, 3.8) is 0 Å². The van der Waals surface area contributed by atoms with Crippen LogP contribution in [0.4, 0.5) is 23.0 Å². The first-order chi connectivity index (χ1) is 18.5. The van der Waals surface area contributed by atoms with Crippen molar-refractivity contribution in [3.8, 4) is 11.6 Å². The summed E-state index contributed by atoms with van der Waals surface area (Å²) in [5.74, 6) is 4.62. The van der Waals surface area contributed by atoms with Crippen molar-refractivity contribution >= 4 is 55.5 Å². The van der Waals surface area contributed by atoms with Crippen LogP contribution in [0, 0.1) is 0 Å². The van der Waals surface area contributed by atoms with Crippen molar-refractivity contribution in [3.05, 3.63) is 37.1 Å². The standard InChI is InChI=1S/C26H36N8O4S/c1-8-23(35)28-19-13-20(22(37-5)14-21(19)33(4)12-11-32(2)3)29-26-30-24-18(9-10-27-24)25(31-26)38-17-15-34(16-17)39(6,7)36/h8-10,13-14,17H,1,6,11-12,15-16H2,2-5,7H3,(H,28,35)(H2,27,29,30,31). The molecule has 2 aromatic heterocycles. The molecule has 13 heteroatoms. The fourth-order valence-corrected chi connectivity index (χ4v) is 5.00. The molecule has 1 fully saturated rings. The lowest BCUT2D eigenvalue weighted by molar-refractivity contribution is -0.111. The van der Waals surface area contributed by atoms with Gasteiger partial charge in [0.05, 0.1) is 29.6 Å². The van der Waals surface area contributed by atoms with Crippen molar-refractivity contribution in [1.29, 1.82) is 0 Å². The molecule has 12 nitrogen and oxygen atoms in total. The number of H-pyrrole nitrogens is 1. The van der Waals surface area contributed by atoms with Crippen LogP contribution < -0.4 is 25.0 Å². The predicted octanol–water partition coefficient (Wildman–Crippen LogP) is 2.16. The van der Waals surface area contributed by atoms with Crippen molar-refractivity contribution in [2.75, 3.05) is 76.2 Å². The van der Waals surface area contributed by atoms with Gasteiger partial charge in [-0.3, -0.25) is 9.00 Å². The molecule has 1 aliphatic rings. The summed E-state index contributed by atoms with van der Waals surface area (Å²) in [6.07, 6.45) is 4.44. The van der Waals surface area contributed by atoms with Crippen LogP contribution in [0.3, 0.4) is 0 Å². The van der Waals surface area contributed by atoms with Gasteiger partial charge in [0.15, 0.2) is 0 Å². The zero-order chi connectivity index (χ0) is 28.3. The number of ether oxygens (including phenoxy) is 2. The number of likely N-dealkylation sites (N-methyl/N-ethyl adjacent to an activating group) is 2. The molecule has 0 aliphatic carbocycles. The maximum Gasteiger partial charge on any atom is 0.247 e. The zero-order valence-electron chi connectivity index (χ0n) is 23.0. The molecule has 0 spiro atoms. The van der Waals surface area contributed by atoms with Crippen LogP contribution in [0.5, 0.6) is 11.6 Å². The number of fused-ring (bicyclic) bond motifs is 1. The second-order valence-electron chi connectivity index (χ2n) is 9.75. The van der Waals surface area contributed by atoms with Gasteiger partial charge < -0.3 is 34.9 Å². The Bertz CT molecular complexity index is 1460. The molecule has 1 unspecified atom stereocenters. The van der Waals surface area contributed by atoms with Crippen LogP contribution in [0.2, 0.25) is 0 Å². The molecular weight excluding hydrogens is 520 g/mol. The van der Waals surface area contributed by atoms with E-state index in [9.17, 15) is 9.00 Å². The average Bonchev–Trinajstić information content (AvgIpc) is 3.32. The van der Waals surface area contributed by atoms with Crippen LogP contribution in [0.25, 0.3) is 11.0 Å². The first-order valence-electron chi connectivity index (χ1n) is 12.4. The largest absolute Gasteiger partial charge is 0.494 e. The van der Waals surface area contributed by atoms with Gasteiger partial charge in [-0.15, -0.1) is 0 Å². The Hall–Kier alpha value is -3.81. The molecule has 210 valence electrons. The number of nitrogens with one attached hydrogen (secondary N) is 3. The molecule has 3 aromatic rings. The molecule has 3 N–H and O–H groups in total. The van der Waals surface area contributed by atoms with Gasteiger partial charge in [-0.05, 0) is 38.2 Å².